The van der Waals surface area contributed by atoms with E-state index in [4.69, 9.17) is 9.84 Å². The predicted octanol–water partition coefficient (Wildman–Crippen LogP) is 0.527. The fourth-order valence-electron chi connectivity index (χ4n) is 2.30. The quantitative estimate of drug-likeness (QED) is 0.772. The van der Waals surface area contributed by atoms with E-state index in [2.05, 4.69) is 5.32 Å². The van der Waals surface area contributed by atoms with Crippen LogP contribution in [0.15, 0.2) is 0 Å². The average Bonchev–Trinajstić information content (AvgIpc) is 2.61. The van der Waals surface area contributed by atoms with Crippen LogP contribution in [0.3, 0.4) is 0 Å². The van der Waals surface area contributed by atoms with Crippen LogP contribution in [-0.4, -0.2) is 53.8 Å². The summed E-state index contributed by atoms with van der Waals surface area (Å²) >= 11 is 0. The second-order valence-electron chi connectivity index (χ2n) is 5.59. The molecule has 2 amide bonds. The van der Waals surface area contributed by atoms with E-state index in [1.165, 1.54) is 0 Å². The number of aliphatic carboxylic acids is 1. The van der Waals surface area contributed by atoms with Crippen molar-refractivity contribution in [1.29, 1.82) is 0 Å². The van der Waals surface area contributed by atoms with Crippen molar-refractivity contribution in [2.24, 2.45) is 11.8 Å². The Hall–Kier alpha value is -1.30. The van der Waals surface area contributed by atoms with E-state index in [-0.39, 0.29) is 23.4 Å². The van der Waals surface area contributed by atoms with Crippen molar-refractivity contribution in [2.75, 3.05) is 26.3 Å². The van der Waals surface area contributed by atoms with Gasteiger partial charge in [0.05, 0.1) is 18.1 Å². The number of nitrogens with one attached hydrogen (secondary N) is 1. The molecule has 2 fully saturated rings. The fourth-order valence-corrected chi connectivity index (χ4v) is 2.30. The van der Waals surface area contributed by atoms with Crippen molar-refractivity contribution in [3.63, 3.8) is 0 Å². The summed E-state index contributed by atoms with van der Waals surface area (Å²) in [7, 11) is 0. The molecule has 0 aromatic rings. The number of amides is 2. The van der Waals surface area contributed by atoms with Crippen LogP contribution < -0.4 is 5.32 Å². The highest BCUT2D eigenvalue weighted by Crippen LogP contribution is 2.25. The molecule has 2 aliphatic rings. The van der Waals surface area contributed by atoms with Gasteiger partial charge in [0.25, 0.3) is 0 Å². The monoisotopic (exact) mass is 256 g/mol. The molecule has 102 valence electrons. The van der Waals surface area contributed by atoms with Crippen LogP contribution in [-0.2, 0) is 9.53 Å². The maximum absolute atomic E-state index is 11.9. The van der Waals surface area contributed by atoms with Gasteiger partial charge in [-0.3, -0.25) is 4.79 Å². The van der Waals surface area contributed by atoms with Gasteiger partial charge in [0, 0.05) is 25.6 Å². The summed E-state index contributed by atoms with van der Waals surface area (Å²) < 4.78 is 5.27. The normalized spacial score (nSPS) is 29.8. The highest BCUT2D eigenvalue weighted by Gasteiger charge is 2.40. The molecule has 2 N–H and O–H groups in total. The Labute approximate surface area is 106 Å². The molecule has 2 saturated heterocycles. The predicted molar refractivity (Wildman–Crippen MR) is 64.2 cm³/mol. The maximum Gasteiger partial charge on any atom is 0.317 e. The van der Waals surface area contributed by atoms with E-state index in [1.807, 2.05) is 6.92 Å². The minimum Gasteiger partial charge on any atom is -0.481 e. The van der Waals surface area contributed by atoms with Crippen LogP contribution in [0.4, 0.5) is 4.79 Å². The number of carboxylic acid groups (broad SMARTS) is 1. The van der Waals surface area contributed by atoms with Crippen molar-refractivity contribution >= 4 is 12.0 Å². The molecule has 18 heavy (non-hydrogen) atoms. The molecule has 0 bridgehead atoms. The van der Waals surface area contributed by atoms with E-state index in [1.54, 1.807) is 11.8 Å². The van der Waals surface area contributed by atoms with Crippen molar-refractivity contribution in [3.05, 3.63) is 0 Å². The van der Waals surface area contributed by atoms with Gasteiger partial charge in [0.15, 0.2) is 0 Å². The summed E-state index contributed by atoms with van der Waals surface area (Å²) in [6.45, 7) is 5.92. The molecule has 0 aromatic carbocycles. The Morgan fingerprint density at radius 1 is 1.50 bits per heavy atom. The lowest BCUT2D eigenvalue weighted by Crippen LogP contribution is -2.60. The molecule has 2 atom stereocenters. The molecule has 0 aromatic heterocycles. The van der Waals surface area contributed by atoms with Gasteiger partial charge < -0.3 is 20.1 Å². The zero-order valence-electron chi connectivity index (χ0n) is 10.8. The summed E-state index contributed by atoms with van der Waals surface area (Å²) in [5.41, 5.74) is -0.277. The van der Waals surface area contributed by atoms with Crippen LogP contribution in [0.2, 0.25) is 0 Å². The van der Waals surface area contributed by atoms with Gasteiger partial charge in [-0.1, -0.05) is 6.92 Å². The molecular formula is C12H20N2O4. The lowest BCUT2D eigenvalue weighted by molar-refractivity contribution is -0.144. The Kier molecular flexibility index (Phi) is 3.47. The number of rotatable bonds is 3. The first-order valence-corrected chi connectivity index (χ1v) is 6.29. The zero-order chi connectivity index (χ0) is 13.3. The molecule has 6 nitrogen and oxygen atoms in total. The molecule has 0 aliphatic carbocycles. The third kappa shape index (κ3) is 2.58. The molecule has 6 heteroatoms. The number of hydrogen-bond donors (Lipinski definition) is 2. The van der Waals surface area contributed by atoms with Crippen molar-refractivity contribution in [2.45, 2.75) is 25.8 Å². The largest absolute Gasteiger partial charge is 0.481 e. The number of carboxylic acids is 1. The van der Waals surface area contributed by atoms with Crippen LogP contribution in [0.5, 0.6) is 0 Å². The second-order valence-corrected chi connectivity index (χ2v) is 5.59. The Morgan fingerprint density at radius 2 is 2.17 bits per heavy atom. The van der Waals surface area contributed by atoms with Crippen molar-refractivity contribution < 1.29 is 19.4 Å². The first-order valence-electron chi connectivity index (χ1n) is 6.29. The van der Waals surface area contributed by atoms with Gasteiger partial charge in [-0.2, -0.15) is 0 Å². The van der Waals surface area contributed by atoms with Gasteiger partial charge in [-0.25, -0.2) is 4.79 Å². The summed E-state index contributed by atoms with van der Waals surface area (Å²) in [6, 6.07) is -0.114. The second kappa shape index (κ2) is 4.76. The fraction of sp³-hybridized carbons (Fsp3) is 0.833. The molecule has 2 unspecified atom stereocenters. The average molecular weight is 256 g/mol. The number of urea groups is 1. The zero-order valence-corrected chi connectivity index (χ0v) is 10.8. The maximum atomic E-state index is 11.9. The first kappa shape index (κ1) is 13.1. The molecule has 2 rings (SSSR count). The van der Waals surface area contributed by atoms with Gasteiger partial charge in [0.2, 0.25) is 0 Å². The lowest BCUT2D eigenvalue weighted by Gasteiger charge is -2.42. The number of carbonyl (C=O) groups excluding carboxylic acids is 1. The Morgan fingerprint density at radius 3 is 2.67 bits per heavy atom. The van der Waals surface area contributed by atoms with E-state index in [0.29, 0.717) is 26.3 Å². The summed E-state index contributed by atoms with van der Waals surface area (Å²) in [6.07, 6.45) is 0.821. The van der Waals surface area contributed by atoms with Crippen LogP contribution >= 0.6 is 0 Å². The number of carbonyl (C=O) groups is 2. The van der Waals surface area contributed by atoms with Gasteiger partial charge in [-0.15, -0.1) is 0 Å². The molecular weight excluding hydrogens is 236 g/mol. The van der Waals surface area contributed by atoms with Crippen molar-refractivity contribution in [3.8, 4) is 0 Å². The van der Waals surface area contributed by atoms with Gasteiger partial charge >= 0.3 is 12.0 Å². The highest BCUT2D eigenvalue weighted by molar-refractivity contribution is 5.77. The van der Waals surface area contributed by atoms with Crippen LogP contribution in [0, 0.1) is 11.8 Å². The summed E-state index contributed by atoms with van der Waals surface area (Å²) in [5, 5.41) is 11.8. The summed E-state index contributed by atoms with van der Waals surface area (Å²) in [4.78, 5) is 24.4. The molecule has 2 aliphatic heterocycles. The first-order chi connectivity index (χ1) is 8.41. The number of ether oxygens (including phenoxy) is 1. The van der Waals surface area contributed by atoms with Crippen molar-refractivity contribution in [1.82, 2.24) is 10.2 Å². The van der Waals surface area contributed by atoms with E-state index in [9.17, 15) is 9.59 Å². The molecule has 0 saturated carbocycles. The number of likely N-dealkylation sites (tertiary alicyclic amines) is 1. The molecule has 0 spiro atoms. The summed E-state index contributed by atoms with van der Waals surface area (Å²) in [5.74, 6) is -1.11. The topological polar surface area (TPSA) is 78.9 Å². The standard InChI is InChI=1S/C12H20N2O4/c1-8(10(15)16)9-5-14(6-9)11(17)13-12(2)3-4-18-7-12/h8-9H,3-7H2,1-2H3,(H,13,17)(H,15,16). The van der Waals surface area contributed by atoms with Crippen LogP contribution in [0.25, 0.3) is 0 Å². The minimum atomic E-state index is -0.795. The smallest absolute Gasteiger partial charge is 0.317 e. The van der Waals surface area contributed by atoms with E-state index >= 15 is 0 Å². The SMILES string of the molecule is CC(C(=O)O)C1CN(C(=O)NC2(C)CCOC2)C1. The molecule has 2 heterocycles. The van der Waals surface area contributed by atoms with Crippen LogP contribution in [0.1, 0.15) is 20.3 Å². The van der Waals surface area contributed by atoms with E-state index < -0.39 is 5.97 Å². The van der Waals surface area contributed by atoms with Gasteiger partial charge in [0.1, 0.15) is 0 Å². The lowest BCUT2D eigenvalue weighted by atomic mass is 9.87. The third-order valence-electron chi connectivity index (χ3n) is 3.92. The highest BCUT2D eigenvalue weighted by atomic mass is 16.5. The number of nitrogens with zero attached hydrogens (tertiary/aromatic N) is 1. The third-order valence-corrected chi connectivity index (χ3v) is 3.92. The Bertz CT molecular complexity index is 346. The number of hydrogen-bond acceptors (Lipinski definition) is 3. The Balaban J connectivity index is 1.78. The van der Waals surface area contributed by atoms with Gasteiger partial charge in [-0.05, 0) is 13.3 Å². The molecule has 0 radical (unpaired) electrons. The minimum absolute atomic E-state index is 0.0703. The van der Waals surface area contributed by atoms with E-state index in [0.717, 1.165) is 6.42 Å².